The van der Waals surface area contributed by atoms with Gasteiger partial charge in [0.2, 0.25) is 5.91 Å². The molecule has 0 unspecified atom stereocenters. The minimum atomic E-state index is -0.119. The Balaban J connectivity index is 1.52. The fraction of sp³-hybridized carbons (Fsp3) is 0.444. The predicted molar refractivity (Wildman–Crippen MR) is 101 cm³/mol. The van der Waals surface area contributed by atoms with Crippen molar-refractivity contribution < 1.29 is 9.59 Å². The number of likely N-dealkylation sites (tertiary alicyclic amines) is 1. The molecule has 1 aliphatic heterocycles. The zero-order chi connectivity index (χ0) is 18.5. The number of thioether (sulfide) groups is 1. The number of rotatable bonds is 6. The summed E-state index contributed by atoms with van der Waals surface area (Å²) in [4.78, 5) is 26.3. The van der Waals surface area contributed by atoms with Crippen LogP contribution in [0, 0.1) is 0 Å². The summed E-state index contributed by atoms with van der Waals surface area (Å²) in [7, 11) is 0. The molecule has 0 aliphatic carbocycles. The number of carbonyl (C=O) groups is 2. The fourth-order valence-corrected chi connectivity index (χ4v) is 3.66. The van der Waals surface area contributed by atoms with E-state index >= 15 is 0 Å². The average molecular weight is 373 g/mol. The van der Waals surface area contributed by atoms with Gasteiger partial charge in [-0.1, -0.05) is 11.8 Å². The smallest absolute Gasteiger partial charge is 0.253 e. The van der Waals surface area contributed by atoms with Gasteiger partial charge < -0.3 is 14.8 Å². The molecule has 8 heteroatoms. The maximum Gasteiger partial charge on any atom is 0.253 e. The van der Waals surface area contributed by atoms with Crippen LogP contribution in [-0.2, 0) is 4.79 Å². The summed E-state index contributed by atoms with van der Waals surface area (Å²) in [6, 6.07) is 7.30. The molecule has 26 heavy (non-hydrogen) atoms. The molecule has 1 aromatic carbocycles. The molecule has 1 aliphatic rings. The molecule has 2 amide bonds. The second-order valence-electron chi connectivity index (χ2n) is 6.53. The summed E-state index contributed by atoms with van der Waals surface area (Å²) in [5, 5.41) is 11.5. The quantitative estimate of drug-likeness (QED) is 0.788. The number of hydrogen-bond acceptors (Lipinski definition) is 5. The second-order valence-corrected chi connectivity index (χ2v) is 7.47. The number of nitrogens with one attached hydrogen (secondary N) is 1. The molecular weight excluding hydrogens is 350 g/mol. The van der Waals surface area contributed by atoms with Crippen molar-refractivity contribution in [1.29, 1.82) is 0 Å². The SMILES string of the molecule is CC(C)n1cnnc1SCC(=O)Nc1ccc(C(=O)N2CCCC2)cc1. The molecule has 1 aromatic heterocycles. The molecule has 0 atom stereocenters. The molecule has 1 N–H and O–H groups in total. The van der Waals surface area contributed by atoms with E-state index in [-0.39, 0.29) is 23.6 Å². The van der Waals surface area contributed by atoms with E-state index in [1.54, 1.807) is 30.6 Å². The number of carbonyl (C=O) groups excluding carboxylic acids is 2. The summed E-state index contributed by atoms with van der Waals surface area (Å²) in [6.07, 6.45) is 3.81. The van der Waals surface area contributed by atoms with E-state index in [9.17, 15) is 9.59 Å². The van der Waals surface area contributed by atoms with Crippen LogP contribution in [0.25, 0.3) is 0 Å². The standard InChI is InChI=1S/C18H23N5O2S/c1-13(2)23-12-19-21-18(23)26-11-16(24)20-15-7-5-14(6-8-15)17(25)22-9-3-4-10-22/h5-8,12-13H,3-4,9-11H2,1-2H3,(H,20,24). The Bertz CT molecular complexity index is 766. The maximum atomic E-state index is 12.3. The molecule has 138 valence electrons. The molecule has 0 saturated carbocycles. The lowest BCUT2D eigenvalue weighted by atomic mass is 10.2. The van der Waals surface area contributed by atoms with Crippen molar-refractivity contribution in [1.82, 2.24) is 19.7 Å². The van der Waals surface area contributed by atoms with Gasteiger partial charge in [0, 0.05) is 30.4 Å². The largest absolute Gasteiger partial charge is 0.339 e. The number of nitrogens with zero attached hydrogens (tertiary/aromatic N) is 4. The van der Waals surface area contributed by atoms with Gasteiger partial charge in [-0.3, -0.25) is 9.59 Å². The van der Waals surface area contributed by atoms with Gasteiger partial charge in [-0.05, 0) is 51.0 Å². The van der Waals surface area contributed by atoms with Gasteiger partial charge >= 0.3 is 0 Å². The molecule has 0 radical (unpaired) electrons. The van der Waals surface area contributed by atoms with Gasteiger partial charge in [-0.15, -0.1) is 10.2 Å². The highest BCUT2D eigenvalue weighted by atomic mass is 32.2. The van der Waals surface area contributed by atoms with Crippen LogP contribution in [0.1, 0.15) is 43.1 Å². The van der Waals surface area contributed by atoms with E-state index < -0.39 is 0 Å². The Hall–Kier alpha value is -2.35. The molecule has 1 fully saturated rings. The number of hydrogen-bond donors (Lipinski definition) is 1. The highest BCUT2D eigenvalue weighted by Crippen LogP contribution is 2.19. The average Bonchev–Trinajstić information content (AvgIpc) is 3.31. The molecule has 0 bridgehead atoms. The third kappa shape index (κ3) is 4.43. The Morgan fingerprint density at radius 1 is 1.19 bits per heavy atom. The van der Waals surface area contributed by atoms with Gasteiger partial charge in [0.15, 0.2) is 5.16 Å². The van der Waals surface area contributed by atoms with Crippen molar-refractivity contribution in [3.05, 3.63) is 36.2 Å². The Morgan fingerprint density at radius 2 is 1.88 bits per heavy atom. The third-order valence-corrected chi connectivity index (χ3v) is 5.19. The van der Waals surface area contributed by atoms with Crippen LogP contribution in [-0.4, -0.2) is 50.3 Å². The fourth-order valence-electron chi connectivity index (χ4n) is 2.82. The number of anilines is 1. The van der Waals surface area contributed by atoms with E-state index in [1.165, 1.54) is 11.8 Å². The highest BCUT2D eigenvalue weighted by molar-refractivity contribution is 7.99. The molecule has 2 aromatic rings. The van der Waals surface area contributed by atoms with Crippen LogP contribution in [0.4, 0.5) is 5.69 Å². The molecule has 3 rings (SSSR count). The highest BCUT2D eigenvalue weighted by Gasteiger charge is 2.19. The van der Waals surface area contributed by atoms with Crippen molar-refractivity contribution in [2.75, 3.05) is 24.2 Å². The first-order valence-corrected chi connectivity index (χ1v) is 9.74. The zero-order valence-electron chi connectivity index (χ0n) is 15.0. The summed E-state index contributed by atoms with van der Waals surface area (Å²) in [5.74, 6) is 0.191. The molecular formula is C18H23N5O2S. The van der Waals surface area contributed by atoms with Crippen molar-refractivity contribution in [3.8, 4) is 0 Å². The summed E-state index contributed by atoms with van der Waals surface area (Å²) < 4.78 is 1.93. The zero-order valence-corrected chi connectivity index (χ0v) is 15.8. The minimum Gasteiger partial charge on any atom is -0.339 e. The van der Waals surface area contributed by atoms with E-state index in [4.69, 9.17) is 0 Å². The lowest BCUT2D eigenvalue weighted by molar-refractivity contribution is -0.113. The van der Waals surface area contributed by atoms with Crippen LogP contribution in [0.3, 0.4) is 0 Å². The first-order valence-electron chi connectivity index (χ1n) is 8.76. The Labute approximate surface area is 157 Å². The normalized spacial score (nSPS) is 14.0. The summed E-state index contributed by atoms with van der Waals surface area (Å²) in [5.41, 5.74) is 1.34. The Kier molecular flexibility index (Phi) is 5.92. The number of amides is 2. The summed E-state index contributed by atoms with van der Waals surface area (Å²) >= 11 is 1.35. The van der Waals surface area contributed by atoms with Crippen molar-refractivity contribution in [2.45, 2.75) is 37.9 Å². The van der Waals surface area contributed by atoms with E-state index in [0.29, 0.717) is 11.3 Å². The second kappa shape index (κ2) is 8.35. The van der Waals surface area contributed by atoms with Gasteiger partial charge in [0.1, 0.15) is 6.33 Å². The van der Waals surface area contributed by atoms with Gasteiger partial charge in [0.05, 0.1) is 5.75 Å². The van der Waals surface area contributed by atoms with Crippen LogP contribution in [0.5, 0.6) is 0 Å². The minimum absolute atomic E-state index is 0.0592. The van der Waals surface area contributed by atoms with Gasteiger partial charge in [-0.2, -0.15) is 0 Å². The predicted octanol–water partition coefficient (Wildman–Crippen LogP) is 2.83. The van der Waals surface area contributed by atoms with Crippen molar-refractivity contribution in [3.63, 3.8) is 0 Å². The van der Waals surface area contributed by atoms with Crippen molar-refractivity contribution >= 4 is 29.3 Å². The third-order valence-electron chi connectivity index (χ3n) is 4.24. The topological polar surface area (TPSA) is 80.1 Å². The Morgan fingerprint density at radius 3 is 2.54 bits per heavy atom. The van der Waals surface area contributed by atoms with Crippen LogP contribution >= 0.6 is 11.8 Å². The summed E-state index contributed by atoms with van der Waals surface area (Å²) in [6.45, 7) is 5.74. The number of benzene rings is 1. The first-order chi connectivity index (χ1) is 12.5. The molecule has 0 spiro atoms. The lowest BCUT2D eigenvalue weighted by Crippen LogP contribution is -2.27. The van der Waals surface area contributed by atoms with E-state index in [0.717, 1.165) is 31.1 Å². The molecule has 2 heterocycles. The van der Waals surface area contributed by atoms with E-state index in [1.807, 2.05) is 23.3 Å². The molecule has 7 nitrogen and oxygen atoms in total. The van der Waals surface area contributed by atoms with Gasteiger partial charge in [-0.25, -0.2) is 0 Å². The monoisotopic (exact) mass is 373 g/mol. The number of aromatic nitrogens is 3. The van der Waals surface area contributed by atoms with Crippen molar-refractivity contribution in [2.24, 2.45) is 0 Å². The van der Waals surface area contributed by atoms with Crippen LogP contribution in [0.2, 0.25) is 0 Å². The van der Waals surface area contributed by atoms with E-state index in [2.05, 4.69) is 15.5 Å². The van der Waals surface area contributed by atoms with Gasteiger partial charge in [0.25, 0.3) is 5.91 Å². The van der Waals surface area contributed by atoms with Crippen LogP contribution < -0.4 is 5.32 Å². The maximum absolute atomic E-state index is 12.3. The molecule has 1 saturated heterocycles. The van der Waals surface area contributed by atoms with Crippen LogP contribution in [0.15, 0.2) is 35.7 Å². The first kappa shape index (κ1) is 18.4. The lowest BCUT2D eigenvalue weighted by Gasteiger charge is -2.15.